The summed E-state index contributed by atoms with van der Waals surface area (Å²) in [5.74, 6) is -1.00. The molecule has 2 N–H and O–H groups in total. The van der Waals surface area contributed by atoms with Gasteiger partial charge >= 0.3 is 5.97 Å². The summed E-state index contributed by atoms with van der Waals surface area (Å²) < 4.78 is 11.3. The molecule has 1 aliphatic rings. The smallest absolute Gasteiger partial charge is 0.335 e. The van der Waals surface area contributed by atoms with Crippen LogP contribution in [0.25, 0.3) is 0 Å². The van der Waals surface area contributed by atoms with E-state index in [0.29, 0.717) is 23.8 Å². The van der Waals surface area contributed by atoms with E-state index in [1.807, 2.05) is 6.92 Å². The standard InChI is InChI=1S/C19H18N2O7/c1-3-27-17-8-11-4-10(2)28-16(11)9-15(17)20-18(22)12-5-13(19(23)24)7-14(6-12)21(25)26/h5-10H,3-4H2,1-2H3,(H,20,22)(H,23,24). The number of carboxylic acids is 1. The van der Waals surface area contributed by atoms with Crippen molar-refractivity contribution >= 4 is 23.3 Å². The summed E-state index contributed by atoms with van der Waals surface area (Å²) in [6, 6.07) is 6.42. The first-order valence-electron chi connectivity index (χ1n) is 8.59. The van der Waals surface area contributed by atoms with Crippen LogP contribution in [-0.2, 0) is 6.42 Å². The average Bonchev–Trinajstić information content (AvgIpc) is 3.00. The number of fused-ring (bicyclic) bond motifs is 1. The fourth-order valence-corrected chi connectivity index (χ4v) is 2.98. The third-order valence-electron chi connectivity index (χ3n) is 4.18. The number of nitrogens with one attached hydrogen (secondary N) is 1. The molecule has 28 heavy (non-hydrogen) atoms. The Morgan fingerprint density at radius 3 is 2.64 bits per heavy atom. The van der Waals surface area contributed by atoms with E-state index < -0.39 is 22.5 Å². The highest BCUT2D eigenvalue weighted by Gasteiger charge is 2.24. The zero-order valence-electron chi connectivity index (χ0n) is 15.2. The lowest BCUT2D eigenvalue weighted by atomic mass is 10.1. The van der Waals surface area contributed by atoms with Crippen LogP contribution in [0.3, 0.4) is 0 Å². The van der Waals surface area contributed by atoms with Crippen LogP contribution in [0.5, 0.6) is 11.5 Å². The zero-order valence-corrected chi connectivity index (χ0v) is 15.2. The number of anilines is 1. The van der Waals surface area contributed by atoms with Gasteiger partial charge in [0.15, 0.2) is 0 Å². The Kier molecular flexibility index (Phi) is 5.16. The van der Waals surface area contributed by atoms with Crippen molar-refractivity contribution in [3.8, 4) is 11.5 Å². The lowest BCUT2D eigenvalue weighted by Gasteiger charge is -2.14. The first-order valence-corrected chi connectivity index (χ1v) is 8.59. The van der Waals surface area contributed by atoms with Crippen molar-refractivity contribution in [1.82, 2.24) is 0 Å². The second-order valence-electron chi connectivity index (χ2n) is 6.31. The number of amides is 1. The number of nitro groups is 1. The molecule has 1 atom stereocenters. The molecule has 9 nitrogen and oxygen atoms in total. The summed E-state index contributed by atoms with van der Waals surface area (Å²) in [6.45, 7) is 4.10. The minimum atomic E-state index is -1.37. The van der Waals surface area contributed by atoms with Gasteiger partial charge in [-0.15, -0.1) is 0 Å². The van der Waals surface area contributed by atoms with E-state index in [1.54, 1.807) is 19.1 Å². The van der Waals surface area contributed by atoms with Crippen molar-refractivity contribution in [3.63, 3.8) is 0 Å². The molecule has 0 fully saturated rings. The number of hydrogen-bond donors (Lipinski definition) is 2. The molecule has 1 aliphatic heterocycles. The highest BCUT2D eigenvalue weighted by atomic mass is 16.6. The maximum Gasteiger partial charge on any atom is 0.335 e. The highest BCUT2D eigenvalue weighted by molar-refractivity contribution is 6.07. The van der Waals surface area contributed by atoms with Gasteiger partial charge in [-0.3, -0.25) is 14.9 Å². The molecule has 1 amide bonds. The van der Waals surface area contributed by atoms with Crippen molar-refractivity contribution in [1.29, 1.82) is 0 Å². The van der Waals surface area contributed by atoms with Gasteiger partial charge in [-0.1, -0.05) is 0 Å². The SMILES string of the molecule is CCOc1cc2c(cc1NC(=O)c1cc(C(=O)O)cc([N+](=O)[O-])c1)OC(C)C2. The van der Waals surface area contributed by atoms with Gasteiger partial charge in [-0.05, 0) is 26.0 Å². The summed E-state index contributed by atoms with van der Waals surface area (Å²) in [5.41, 5.74) is 0.307. The van der Waals surface area contributed by atoms with Crippen LogP contribution < -0.4 is 14.8 Å². The topological polar surface area (TPSA) is 128 Å². The molecular weight excluding hydrogens is 368 g/mol. The highest BCUT2D eigenvalue weighted by Crippen LogP contribution is 2.38. The number of nitrogens with zero attached hydrogens (tertiary/aromatic N) is 1. The maximum absolute atomic E-state index is 12.7. The molecule has 1 unspecified atom stereocenters. The number of carbonyl (C=O) groups is 2. The van der Waals surface area contributed by atoms with Gasteiger partial charge in [0, 0.05) is 35.7 Å². The second-order valence-corrected chi connectivity index (χ2v) is 6.31. The molecule has 0 spiro atoms. The molecule has 0 saturated carbocycles. The fraction of sp³-hybridized carbons (Fsp3) is 0.263. The molecule has 3 rings (SSSR count). The Labute approximate surface area is 160 Å². The van der Waals surface area contributed by atoms with Crippen molar-refractivity contribution < 1.29 is 29.1 Å². The number of aromatic carboxylic acids is 1. The van der Waals surface area contributed by atoms with E-state index in [-0.39, 0.29) is 17.2 Å². The summed E-state index contributed by atoms with van der Waals surface area (Å²) in [6.07, 6.45) is 0.724. The predicted molar refractivity (Wildman–Crippen MR) is 99.4 cm³/mol. The summed E-state index contributed by atoms with van der Waals surface area (Å²) in [7, 11) is 0. The largest absolute Gasteiger partial charge is 0.492 e. The number of hydrogen-bond acceptors (Lipinski definition) is 6. The van der Waals surface area contributed by atoms with Crippen molar-refractivity contribution in [2.75, 3.05) is 11.9 Å². The van der Waals surface area contributed by atoms with Crippen LogP contribution in [0.2, 0.25) is 0 Å². The van der Waals surface area contributed by atoms with E-state index >= 15 is 0 Å². The third-order valence-corrected chi connectivity index (χ3v) is 4.18. The Bertz CT molecular complexity index is 939. The van der Waals surface area contributed by atoms with E-state index in [0.717, 1.165) is 30.2 Å². The molecule has 2 aromatic rings. The quantitative estimate of drug-likeness (QED) is 0.576. The minimum Gasteiger partial charge on any atom is -0.492 e. The minimum absolute atomic E-state index is 0.00493. The van der Waals surface area contributed by atoms with E-state index in [4.69, 9.17) is 14.6 Å². The number of benzene rings is 2. The summed E-state index contributed by atoms with van der Waals surface area (Å²) in [4.78, 5) is 34.2. The van der Waals surface area contributed by atoms with Crippen molar-refractivity contribution in [2.24, 2.45) is 0 Å². The molecule has 0 aromatic heterocycles. The summed E-state index contributed by atoms with van der Waals surface area (Å²) in [5, 5.41) is 22.8. The van der Waals surface area contributed by atoms with Crippen LogP contribution in [0, 0.1) is 10.1 Å². The Hall–Kier alpha value is -3.62. The number of carbonyl (C=O) groups excluding carboxylic acids is 1. The fourth-order valence-electron chi connectivity index (χ4n) is 2.98. The van der Waals surface area contributed by atoms with Gasteiger partial charge in [0.2, 0.25) is 0 Å². The van der Waals surface area contributed by atoms with Crippen LogP contribution >= 0.6 is 0 Å². The number of non-ortho nitro benzene ring substituents is 1. The average molecular weight is 386 g/mol. The predicted octanol–water partition coefficient (Wildman–Crippen LogP) is 3.27. The van der Waals surface area contributed by atoms with E-state index in [1.165, 1.54) is 0 Å². The van der Waals surface area contributed by atoms with Gasteiger partial charge in [-0.2, -0.15) is 0 Å². The van der Waals surface area contributed by atoms with Crippen LogP contribution in [0.1, 0.15) is 40.1 Å². The van der Waals surface area contributed by atoms with Crippen molar-refractivity contribution in [3.05, 3.63) is 57.1 Å². The molecule has 0 aliphatic carbocycles. The van der Waals surface area contributed by atoms with Gasteiger partial charge in [-0.25, -0.2) is 4.79 Å². The van der Waals surface area contributed by atoms with Crippen LogP contribution in [0.4, 0.5) is 11.4 Å². The third kappa shape index (κ3) is 3.88. The molecule has 0 bridgehead atoms. The first kappa shape index (κ1) is 19.2. The zero-order chi connectivity index (χ0) is 20.4. The van der Waals surface area contributed by atoms with Gasteiger partial charge in [0.1, 0.15) is 17.6 Å². The lowest BCUT2D eigenvalue weighted by Crippen LogP contribution is -2.14. The molecular formula is C19H18N2O7. The number of rotatable bonds is 6. The van der Waals surface area contributed by atoms with Gasteiger partial charge < -0.3 is 19.9 Å². The van der Waals surface area contributed by atoms with E-state index in [2.05, 4.69) is 5.32 Å². The van der Waals surface area contributed by atoms with E-state index in [9.17, 15) is 19.7 Å². The van der Waals surface area contributed by atoms with Crippen LogP contribution in [0.15, 0.2) is 30.3 Å². The lowest BCUT2D eigenvalue weighted by molar-refractivity contribution is -0.384. The van der Waals surface area contributed by atoms with Crippen LogP contribution in [-0.4, -0.2) is 34.6 Å². The van der Waals surface area contributed by atoms with Gasteiger partial charge in [0.05, 0.1) is 22.8 Å². The Morgan fingerprint density at radius 2 is 2.00 bits per heavy atom. The number of ether oxygens (including phenoxy) is 2. The Balaban J connectivity index is 1.96. The molecule has 0 radical (unpaired) electrons. The molecule has 1 heterocycles. The molecule has 0 saturated heterocycles. The Morgan fingerprint density at radius 1 is 1.29 bits per heavy atom. The molecule has 9 heteroatoms. The molecule has 2 aromatic carbocycles. The normalized spacial score (nSPS) is 14.7. The number of nitro benzene ring substituents is 1. The first-order chi connectivity index (χ1) is 13.3. The van der Waals surface area contributed by atoms with Crippen molar-refractivity contribution in [2.45, 2.75) is 26.4 Å². The maximum atomic E-state index is 12.7. The number of carboxylic acid groups (broad SMARTS) is 1. The monoisotopic (exact) mass is 386 g/mol. The summed E-state index contributed by atoms with van der Waals surface area (Å²) >= 11 is 0. The second kappa shape index (κ2) is 7.55. The molecule has 146 valence electrons. The van der Waals surface area contributed by atoms with Gasteiger partial charge in [0.25, 0.3) is 11.6 Å².